The van der Waals surface area contributed by atoms with Gasteiger partial charge in [-0.3, -0.25) is 9.59 Å². The molecule has 3 atom stereocenters. The van der Waals surface area contributed by atoms with E-state index in [2.05, 4.69) is 5.32 Å². The standard InChI is InChI=1S/C26H30FNO5/c1-14-13-19-23(24(29)20(14)25(30)32-3)22(17-11-7-8-12-18(17)27)21(15(2)28-19)26(31)33-16-9-5-4-6-10-16/h7-8,11-12,14,16,20,22,28H,4-6,9-10,13H2,1-3H3/t14-,20+,22-/m1/s1. The van der Waals surface area contributed by atoms with Gasteiger partial charge in [-0.1, -0.05) is 31.5 Å². The van der Waals surface area contributed by atoms with Crippen molar-refractivity contribution in [3.63, 3.8) is 0 Å². The minimum absolute atomic E-state index is 0.187. The lowest BCUT2D eigenvalue weighted by atomic mass is 9.69. The lowest BCUT2D eigenvalue weighted by Gasteiger charge is -2.38. The Hall–Kier alpha value is -2.96. The van der Waals surface area contributed by atoms with Crippen LogP contribution < -0.4 is 5.32 Å². The molecule has 7 heteroatoms. The second kappa shape index (κ2) is 9.49. The number of esters is 2. The number of ether oxygens (including phenoxy) is 2. The number of methoxy groups -OCH3 is 1. The van der Waals surface area contributed by atoms with Crippen molar-refractivity contribution in [2.75, 3.05) is 7.11 Å². The average Bonchev–Trinajstić information content (AvgIpc) is 2.79. The van der Waals surface area contributed by atoms with Crippen molar-refractivity contribution in [1.29, 1.82) is 0 Å². The number of hydrogen-bond acceptors (Lipinski definition) is 6. The van der Waals surface area contributed by atoms with Gasteiger partial charge in [-0.2, -0.15) is 0 Å². The molecule has 1 aromatic carbocycles. The van der Waals surface area contributed by atoms with Gasteiger partial charge in [0.05, 0.1) is 18.6 Å². The first-order valence-corrected chi connectivity index (χ1v) is 11.6. The number of halogens is 1. The minimum Gasteiger partial charge on any atom is -0.468 e. The van der Waals surface area contributed by atoms with Gasteiger partial charge < -0.3 is 14.8 Å². The molecule has 1 aromatic rings. The molecule has 1 N–H and O–H groups in total. The van der Waals surface area contributed by atoms with Gasteiger partial charge in [-0.15, -0.1) is 0 Å². The number of benzene rings is 1. The first-order chi connectivity index (χ1) is 15.8. The Labute approximate surface area is 193 Å². The normalized spacial score (nSPS) is 25.9. The van der Waals surface area contributed by atoms with E-state index in [4.69, 9.17) is 9.47 Å². The summed E-state index contributed by atoms with van der Waals surface area (Å²) in [4.78, 5) is 39.5. The van der Waals surface area contributed by atoms with Crippen LogP contribution in [0.5, 0.6) is 0 Å². The molecule has 1 saturated carbocycles. The van der Waals surface area contributed by atoms with Crippen molar-refractivity contribution >= 4 is 17.7 Å². The fourth-order valence-electron chi connectivity index (χ4n) is 5.37. The topological polar surface area (TPSA) is 81.7 Å². The van der Waals surface area contributed by atoms with Crippen LogP contribution in [0.2, 0.25) is 0 Å². The summed E-state index contributed by atoms with van der Waals surface area (Å²) >= 11 is 0. The molecule has 0 bridgehead atoms. The van der Waals surface area contributed by atoms with E-state index >= 15 is 4.39 Å². The molecule has 176 valence electrons. The minimum atomic E-state index is -1.00. The SMILES string of the molecule is COC(=O)[C@@H]1C(=O)C2=C(C[C@H]1C)NC(C)=C(C(=O)OC1CCCCC1)[C@H]2c1ccccc1F. The smallest absolute Gasteiger partial charge is 0.337 e. The maximum atomic E-state index is 15.1. The molecule has 1 aliphatic heterocycles. The van der Waals surface area contributed by atoms with Crippen LogP contribution in [0.1, 0.15) is 63.9 Å². The van der Waals surface area contributed by atoms with Gasteiger partial charge in [0.2, 0.25) is 0 Å². The molecule has 33 heavy (non-hydrogen) atoms. The van der Waals surface area contributed by atoms with Gasteiger partial charge >= 0.3 is 11.9 Å². The molecule has 0 unspecified atom stereocenters. The highest BCUT2D eigenvalue weighted by atomic mass is 19.1. The number of hydrogen-bond donors (Lipinski definition) is 1. The third-order valence-electron chi connectivity index (χ3n) is 7.01. The van der Waals surface area contributed by atoms with E-state index in [-0.39, 0.29) is 28.7 Å². The van der Waals surface area contributed by atoms with Crippen LogP contribution in [-0.4, -0.2) is 30.9 Å². The summed E-state index contributed by atoms with van der Waals surface area (Å²) in [6.07, 6.45) is 4.93. The number of Topliss-reactive ketones (excluding diaryl/α,β-unsaturated/α-hetero) is 1. The summed E-state index contributed by atoms with van der Waals surface area (Å²) < 4.78 is 25.8. The van der Waals surface area contributed by atoms with Crippen molar-refractivity contribution < 1.29 is 28.2 Å². The molecular weight excluding hydrogens is 425 g/mol. The van der Waals surface area contributed by atoms with Crippen LogP contribution in [0.4, 0.5) is 4.39 Å². The van der Waals surface area contributed by atoms with Crippen LogP contribution in [-0.2, 0) is 23.9 Å². The summed E-state index contributed by atoms with van der Waals surface area (Å²) in [7, 11) is 1.25. The number of ketones is 1. The summed E-state index contributed by atoms with van der Waals surface area (Å²) in [5.74, 6) is -4.37. The second-order valence-electron chi connectivity index (χ2n) is 9.22. The average molecular weight is 456 g/mol. The number of nitrogens with one attached hydrogen (secondary N) is 1. The Morgan fingerprint density at radius 3 is 2.48 bits per heavy atom. The molecule has 1 heterocycles. The Kier molecular flexibility index (Phi) is 6.68. The van der Waals surface area contributed by atoms with E-state index in [1.54, 1.807) is 25.1 Å². The predicted octanol–water partition coefficient (Wildman–Crippen LogP) is 4.31. The number of carbonyl (C=O) groups is 3. The quantitative estimate of drug-likeness (QED) is 0.538. The van der Waals surface area contributed by atoms with E-state index in [1.807, 2.05) is 6.92 Å². The molecular formula is C26H30FNO5. The molecule has 0 radical (unpaired) electrons. The van der Waals surface area contributed by atoms with Gasteiger partial charge in [0.1, 0.15) is 17.8 Å². The summed E-state index contributed by atoms with van der Waals surface area (Å²) in [5.41, 5.74) is 1.84. The van der Waals surface area contributed by atoms with E-state index in [1.165, 1.54) is 13.2 Å². The highest BCUT2D eigenvalue weighted by Crippen LogP contribution is 2.46. The number of carbonyl (C=O) groups excluding carboxylic acids is 3. The monoisotopic (exact) mass is 455 g/mol. The van der Waals surface area contributed by atoms with E-state index in [9.17, 15) is 14.4 Å². The Bertz CT molecular complexity index is 1040. The number of dihydropyridines is 1. The number of allylic oxidation sites excluding steroid dienone is 3. The molecule has 0 amide bonds. The molecule has 0 spiro atoms. The highest BCUT2D eigenvalue weighted by Gasteiger charge is 2.48. The fraction of sp³-hybridized carbons (Fsp3) is 0.500. The molecule has 2 aliphatic carbocycles. The summed E-state index contributed by atoms with van der Waals surface area (Å²) in [6, 6.07) is 6.13. The van der Waals surface area contributed by atoms with Crippen LogP contribution in [0, 0.1) is 17.7 Å². The van der Waals surface area contributed by atoms with Crippen LogP contribution in [0.25, 0.3) is 0 Å². The van der Waals surface area contributed by atoms with Crippen LogP contribution in [0.15, 0.2) is 46.8 Å². The van der Waals surface area contributed by atoms with Crippen LogP contribution >= 0.6 is 0 Å². The Morgan fingerprint density at radius 1 is 1.12 bits per heavy atom. The third kappa shape index (κ3) is 4.33. The molecule has 1 fully saturated rings. The highest BCUT2D eigenvalue weighted by molar-refractivity contribution is 6.12. The molecule has 0 aromatic heterocycles. The summed E-state index contributed by atoms with van der Waals surface area (Å²) in [6.45, 7) is 3.56. The van der Waals surface area contributed by atoms with E-state index < -0.39 is 35.4 Å². The molecule has 4 rings (SSSR count). The Morgan fingerprint density at radius 2 is 1.82 bits per heavy atom. The lowest BCUT2D eigenvalue weighted by Crippen LogP contribution is -2.43. The summed E-state index contributed by atoms with van der Waals surface area (Å²) in [5, 5.41) is 3.21. The van der Waals surface area contributed by atoms with Crippen molar-refractivity contribution in [2.24, 2.45) is 11.8 Å². The first-order valence-electron chi connectivity index (χ1n) is 11.6. The zero-order chi connectivity index (χ0) is 23.7. The van der Waals surface area contributed by atoms with E-state index in [0.717, 1.165) is 32.1 Å². The second-order valence-corrected chi connectivity index (χ2v) is 9.22. The van der Waals surface area contributed by atoms with Gasteiger partial charge in [-0.05, 0) is 51.0 Å². The first kappa shape index (κ1) is 23.2. The van der Waals surface area contributed by atoms with Crippen LogP contribution in [0.3, 0.4) is 0 Å². The fourth-order valence-corrected chi connectivity index (χ4v) is 5.37. The maximum absolute atomic E-state index is 15.1. The largest absolute Gasteiger partial charge is 0.468 e. The van der Waals surface area contributed by atoms with Gasteiger partial charge in [0.25, 0.3) is 0 Å². The van der Waals surface area contributed by atoms with Crippen molar-refractivity contribution in [3.8, 4) is 0 Å². The third-order valence-corrected chi connectivity index (χ3v) is 7.01. The molecule has 6 nitrogen and oxygen atoms in total. The van der Waals surface area contributed by atoms with Gasteiger partial charge in [-0.25, -0.2) is 9.18 Å². The van der Waals surface area contributed by atoms with Gasteiger partial charge in [0.15, 0.2) is 5.78 Å². The van der Waals surface area contributed by atoms with Crippen molar-refractivity contribution in [1.82, 2.24) is 5.32 Å². The van der Waals surface area contributed by atoms with E-state index in [0.29, 0.717) is 17.8 Å². The predicted molar refractivity (Wildman–Crippen MR) is 119 cm³/mol. The molecule has 0 saturated heterocycles. The van der Waals surface area contributed by atoms with Crippen molar-refractivity contribution in [2.45, 2.75) is 64.4 Å². The van der Waals surface area contributed by atoms with Gasteiger partial charge in [0, 0.05) is 22.5 Å². The zero-order valence-corrected chi connectivity index (χ0v) is 19.3. The lowest BCUT2D eigenvalue weighted by molar-refractivity contribution is -0.151. The zero-order valence-electron chi connectivity index (χ0n) is 19.3. The Balaban J connectivity index is 1.80. The maximum Gasteiger partial charge on any atom is 0.337 e. The van der Waals surface area contributed by atoms with Crippen molar-refractivity contribution in [3.05, 3.63) is 58.2 Å². The molecule has 3 aliphatic rings. The number of rotatable bonds is 4.